The first-order valence-corrected chi connectivity index (χ1v) is 11.5. The van der Waals surface area contributed by atoms with Crippen LogP contribution in [0.4, 0.5) is 10.5 Å². The lowest BCUT2D eigenvalue weighted by atomic mass is 9.96. The number of rotatable bonds is 3. The molecule has 0 spiro atoms. The third-order valence-electron chi connectivity index (χ3n) is 6.06. The van der Waals surface area contributed by atoms with Crippen LogP contribution in [0.3, 0.4) is 0 Å². The summed E-state index contributed by atoms with van der Waals surface area (Å²) < 4.78 is 0. The zero-order valence-corrected chi connectivity index (χ0v) is 18.9. The maximum absolute atomic E-state index is 11.9. The number of nitrogens with zero attached hydrogens (tertiary/aromatic N) is 3. The normalized spacial score (nSPS) is 18.6. The van der Waals surface area contributed by atoms with E-state index in [1.807, 2.05) is 24.4 Å². The third kappa shape index (κ3) is 4.01. The van der Waals surface area contributed by atoms with Crippen LogP contribution in [0.2, 0.25) is 0 Å². The van der Waals surface area contributed by atoms with Crippen molar-refractivity contribution in [2.75, 3.05) is 38.1 Å². The number of hydrogen-bond donors (Lipinski definition) is 1. The van der Waals surface area contributed by atoms with Crippen LogP contribution in [0.25, 0.3) is 28.0 Å². The van der Waals surface area contributed by atoms with Crippen molar-refractivity contribution in [3.05, 3.63) is 64.8 Å². The van der Waals surface area contributed by atoms with Crippen LogP contribution < -0.4 is 10.2 Å². The van der Waals surface area contributed by atoms with E-state index in [4.69, 9.17) is 0 Å². The number of pyridine rings is 1. The number of piperazine rings is 1. The van der Waals surface area contributed by atoms with Crippen molar-refractivity contribution in [1.82, 2.24) is 15.2 Å². The van der Waals surface area contributed by atoms with Gasteiger partial charge in [0.15, 0.2) is 0 Å². The maximum Gasteiger partial charge on any atom is 0.290 e. The highest BCUT2D eigenvalue weighted by Crippen LogP contribution is 2.33. The van der Waals surface area contributed by atoms with E-state index in [0.29, 0.717) is 10.6 Å². The third-order valence-corrected chi connectivity index (χ3v) is 6.87. The number of hydrogen-bond acceptors (Lipinski definition) is 6. The number of aromatic nitrogens is 1. The molecule has 5 rings (SSSR count). The van der Waals surface area contributed by atoms with E-state index in [1.54, 1.807) is 6.08 Å². The topological polar surface area (TPSA) is 65.5 Å². The molecule has 6 nitrogen and oxygen atoms in total. The van der Waals surface area contributed by atoms with Gasteiger partial charge in [0.2, 0.25) is 0 Å². The van der Waals surface area contributed by atoms with Gasteiger partial charge in [0.25, 0.3) is 11.1 Å². The summed E-state index contributed by atoms with van der Waals surface area (Å²) in [6, 6.07) is 14.8. The van der Waals surface area contributed by atoms with Gasteiger partial charge in [0, 0.05) is 43.4 Å². The fourth-order valence-corrected chi connectivity index (χ4v) is 4.96. The van der Waals surface area contributed by atoms with Crippen molar-refractivity contribution >= 4 is 45.4 Å². The van der Waals surface area contributed by atoms with Crippen LogP contribution in [0.5, 0.6) is 0 Å². The standard InChI is InChI=1S/C25H24N4O2S/c1-16-12-17(6-7-22(16)29-10-8-28(2)9-11-29)20-5-3-4-18-15-26-19(13-21(18)20)14-23-24(30)27-25(31)32-23/h3-7,12-15H,8-11H2,1-2H3,(H,27,30,31). The second-order valence-corrected chi connectivity index (χ2v) is 9.29. The Balaban J connectivity index is 1.51. The lowest BCUT2D eigenvalue weighted by Crippen LogP contribution is -2.44. The smallest absolute Gasteiger partial charge is 0.290 e. The predicted octanol–water partition coefficient (Wildman–Crippen LogP) is 4.29. The minimum atomic E-state index is -0.370. The highest BCUT2D eigenvalue weighted by atomic mass is 32.2. The molecule has 2 fully saturated rings. The molecule has 2 saturated heterocycles. The number of aryl methyl sites for hydroxylation is 1. The molecule has 1 aromatic heterocycles. The van der Waals surface area contributed by atoms with E-state index in [0.717, 1.165) is 59.8 Å². The quantitative estimate of drug-likeness (QED) is 0.608. The van der Waals surface area contributed by atoms with Gasteiger partial charge in [-0.2, -0.15) is 0 Å². The fourth-order valence-electron chi connectivity index (χ4n) is 4.30. The van der Waals surface area contributed by atoms with Crippen LogP contribution in [0, 0.1) is 6.92 Å². The van der Waals surface area contributed by atoms with E-state index in [1.165, 1.54) is 11.3 Å². The summed E-state index contributed by atoms with van der Waals surface area (Å²) in [6.45, 7) is 6.42. The number of carbonyl (C=O) groups is 2. The molecule has 162 valence electrons. The van der Waals surface area contributed by atoms with Gasteiger partial charge >= 0.3 is 0 Å². The summed E-state index contributed by atoms with van der Waals surface area (Å²) >= 11 is 0.906. The molecule has 0 bridgehead atoms. The Morgan fingerprint density at radius 1 is 1.06 bits per heavy atom. The Labute approximate surface area is 191 Å². The average Bonchev–Trinajstić information content (AvgIpc) is 3.10. The summed E-state index contributed by atoms with van der Waals surface area (Å²) in [6.07, 6.45) is 3.48. The molecule has 3 aromatic rings. The van der Waals surface area contributed by atoms with E-state index >= 15 is 0 Å². The molecule has 0 aliphatic carbocycles. The molecule has 2 aliphatic rings. The summed E-state index contributed by atoms with van der Waals surface area (Å²) in [4.78, 5) is 33.0. The maximum atomic E-state index is 11.9. The number of carbonyl (C=O) groups excluding carboxylic acids is 2. The van der Waals surface area contributed by atoms with Crippen LogP contribution in [-0.4, -0.2) is 54.3 Å². The van der Waals surface area contributed by atoms with Gasteiger partial charge in [-0.25, -0.2) is 0 Å². The zero-order valence-electron chi connectivity index (χ0n) is 18.1. The summed E-state index contributed by atoms with van der Waals surface area (Å²) in [5, 5.41) is 4.03. The van der Waals surface area contributed by atoms with Gasteiger partial charge < -0.3 is 9.80 Å². The number of fused-ring (bicyclic) bond motifs is 1. The first-order valence-electron chi connectivity index (χ1n) is 10.7. The summed E-state index contributed by atoms with van der Waals surface area (Å²) in [5.74, 6) is -0.370. The molecule has 2 amide bonds. The highest BCUT2D eigenvalue weighted by Gasteiger charge is 2.25. The summed E-state index contributed by atoms with van der Waals surface area (Å²) in [5.41, 5.74) is 5.49. The van der Waals surface area contributed by atoms with Crippen LogP contribution >= 0.6 is 11.8 Å². The SMILES string of the molecule is Cc1cc(-c2cccc3cnc(C=C4SC(=O)NC4=O)cc23)ccc1N1CCN(C)CC1. The average molecular weight is 445 g/mol. The Morgan fingerprint density at radius 2 is 1.88 bits per heavy atom. The van der Waals surface area contributed by atoms with Crippen molar-refractivity contribution in [3.63, 3.8) is 0 Å². The van der Waals surface area contributed by atoms with Crippen LogP contribution in [0.1, 0.15) is 11.3 Å². The Hall–Kier alpha value is -3.16. The predicted molar refractivity (Wildman–Crippen MR) is 131 cm³/mol. The first-order chi connectivity index (χ1) is 15.5. The van der Waals surface area contributed by atoms with E-state index < -0.39 is 0 Å². The molecule has 0 radical (unpaired) electrons. The molecule has 0 saturated carbocycles. The lowest BCUT2D eigenvalue weighted by Gasteiger charge is -2.35. The zero-order chi connectivity index (χ0) is 22.2. The number of benzene rings is 2. The first kappa shape index (κ1) is 20.7. The Kier molecular flexibility index (Phi) is 5.45. The molecule has 2 aliphatic heterocycles. The van der Waals surface area contributed by atoms with Gasteiger partial charge in [-0.05, 0) is 72.1 Å². The molecule has 1 N–H and O–H groups in total. The second kappa shape index (κ2) is 8.41. The van der Waals surface area contributed by atoms with Gasteiger partial charge in [0.05, 0.1) is 10.6 Å². The van der Waals surface area contributed by atoms with Crippen molar-refractivity contribution < 1.29 is 9.59 Å². The molecule has 32 heavy (non-hydrogen) atoms. The molecular formula is C25H24N4O2S. The minimum absolute atomic E-state index is 0.348. The van der Waals surface area contributed by atoms with E-state index in [9.17, 15) is 9.59 Å². The molecule has 0 unspecified atom stereocenters. The van der Waals surface area contributed by atoms with Crippen molar-refractivity contribution in [1.29, 1.82) is 0 Å². The lowest BCUT2D eigenvalue weighted by molar-refractivity contribution is -0.115. The molecule has 0 atom stereocenters. The van der Waals surface area contributed by atoms with Crippen LogP contribution in [-0.2, 0) is 4.79 Å². The molecule has 2 aromatic carbocycles. The summed E-state index contributed by atoms with van der Waals surface area (Å²) in [7, 11) is 2.17. The molecule has 3 heterocycles. The largest absolute Gasteiger partial charge is 0.369 e. The number of nitrogens with one attached hydrogen (secondary N) is 1. The monoisotopic (exact) mass is 444 g/mol. The van der Waals surface area contributed by atoms with Gasteiger partial charge in [0.1, 0.15) is 0 Å². The number of thioether (sulfide) groups is 1. The number of likely N-dealkylation sites (N-methyl/N-ethyl adjacent to an activating group) is 1. The number of amides is 2. The van der Waals surface area contributed by atoms with Gasteiger partial charge in [-0.1, -0.05) is 24.3 Å². The van der Waals surface area contributed by atoms with Gasteiger partial charge in [-0.3, -0.25) is 19.9 Å². The number of anilines is 1. The second-order valence-electron chi connectivity index (χ2n) is 8.28. The van der Waals surface area contributed by atoms with Gasteiger partial charge in [-0.15, -0.1) is 0 Å². The number of imide groups is 1. The highest BCUT2D eigenvalue weighted by molar-refractivity contribution is 8.18. The fraction of sp³-hybridized carbons (Fsp3) is 0.240. The molecular weight excluding hydrogens is 420 g/mol. The minimum Gasteiger partial charge on any atom is -0.369 e. The van der Waals surface area contributed by atoms with Crippen molar-refractivity contribution in [2.24, 2.45) is 0 Å². The van der Waals surface area contributed by atoms with E-state index in [-0.39, 0.29) is 11.1 Å². The Morgan fingerprint density at radius 3 is 2.59 bits per heavy atom. The Bertz CT molecular complexity index is 1260. The van der Waals surface area contributed by atoms with E-state index in [2.05, 4.69) is 58.3 Å². The van der Waals surface area contributed by atoms with Crippen molar-refractivity contribution in [2.45, 2.75) is 6.92 Å². The van der Waals surface area contributed by atoms with Crippen molar-refractivity contribution in [3.8, 4) is 11.1 Å². The molecule has 7 heteroatoms. The van der Waals surface area contributed by atoms with Crippen LogP contribution in [0.15, 0.2) is 53.6 Å².